The van der Waals surface area contributed by atoms with E-state index in [9.17, 15) is 8.42 Å². The molecule has 144 valence electrons. The lowest BCUT2D eigenvalue weighted by Crippen LogP contribution is -2.39. The minimum Gasteiger partial charge on any atom is -0.357 e. The van der Waals surface area contributed by atoms with Crippen LogP contribution in [0, 0.1) is 0 Å². The van der Waals surface area contributed by atoms with Gasteiger partial charge in [0.15, 0.2) is 5.96 Å². The first-order valence-electron chi connectivity index (χ1n) is 8.90. The summed E-state index contributed by atoms with van der Waals surface area (Å²) in [5.41, 5.74) is 0. The van der Waals surface area contributed by atoms with Gasteiger partial charge >= 0.3 is 0 Å². The number of sulfonamides is 1. The van der Waals surface area contributed by atoms with Crippen molar-refractivity contribution in [3.63, 3.8) is 0 Å². The Kier molecular flexibility index (Phi) is 12.0. The Morgan fingerprint density at radius 1 is 1.04 bits per heavy atom. The van der Waals surface area contributed by atoms with E-state index in [-0.39, 0.29) is 0 Å². The number of hydrogen-bond acceptors (Lipinski definition) is 4. The summed E-state index contributed by atoms with van der Waals surface area (Å²) in [6.07, 6.45) is 2.90. The number of rotatable bonds is 12. The zero-order valence-corrected chi connectivity index (χ0v) is 17.0. The third-order valence-corrected chi connectivity index (χ3v) is 4.25. The van der Waals surface area contributed by atoms with Crippen molar-refractivity contribution in [2.45, 2.75) is 59.5 Å². The Morgan fingerprint density at radius 3 is 2.17 bits per heavy atom. The number of nitrogens with one attached hydrogen (secondary N) is 3. The van der Waals surface area contributed by atoms with Gasteiger partial charge in [0.05, 0.1) is 6.26 Å². The van der Waals surface area contributed by atoms with Crippen LogP contribution in [-0.2, 0) is 10.0 Å². The van der Waals surface area contributed by atoms with Crippen LogP contribution in [0.2, 0.25) is 0 Å². The normalized spacial score (nSPS) is 13.1. The molecule has 8 heteroatoms. The maximum Gasteiger partial charge on any atom is 0.208 e. The van der Waals surface area contributed by atoms with Gasteiger partial charge in [-0.25, -0.2) is 13.1 Å². The maximum absolute atomic E-state index is 11.0. The van der Waals surface area contributed by atoms with Crippen LogP contribution in [0.1, 0.15) is 47.5 Å². The highest BCUT2D eigenvalue weighted by Gasteiger charge is 2.12. The zero-order chi connectivity index (χ0) is 18.6. The fourth-order valence-corrected chi connectivity index (χ4v) is 2.97. The summed E-state index contributed by atoms with van der Waals surface area (Å²) >= 11 is 0. The van der Waals surface area contributed by atoms with Crippen molar-refractivity contribution in [2.24, 2.45) is 4.99 Å². The van der Waals surface area contributed by atoms with Crippen molar-refractivity contribution in [1.82, 2.24) is 20.3 Å². The second-order valence-corrected chi connectivity index (χ2v) is 8.32. The van der Waals surface area contributed by atoms with Gasteiger partial charge in [0.25, 0.3) is 0 Å². The highest BCUT2D eigenvalue weighted by Crippen LogP contribution is 2.05. The van der Waals surface area contributed by atoms with Crippen LogP contribution >= 0.6 is 0 Å². The van der Waals surface area contributed by atoms with Crippen molar-refractivity contribution in [3.8, 4) is 0 Å². The largest absolute Gasteiger partial charge is 0.357 e. The van der Waals surface area contributed by atoms with Gasteiger partial charge in [-0.15, -0.1) is 0 Å². The molecule has 0 saturated heterocycles. The Bertz CT molecular complexity index is 441. The van der Waals surface area contributed by atoms with E-state index in [1.807, 2.05) is 6.92 Å². The van der Waals surface area contributed by atoms with Gasteiger partial charge in [-0.2, -0.15) is 0 Å². The van der Waals surface area contributed by atoms with Gasteiger partial charge < -0.3 is 10.6 Å². The molecule has 0 rings (SSSR count). The summed E-state index contributed by atoms with van der Waals surface area (Å²) in [5.74, 6) is 0.789. The number of aliphatic imine (C=N–C) groups is 1. The molecule has 0 aliphatic carbocycles. The lowest BCUT2D eigenvalue weighted by atomic mass is 10.2. The fraction of sp³-hybridized carbons (Fsp3) is 0.938. The molecule has 3 N–H and O–H groups in total. The van der Waals surface area contributed by atoms with Crippen molar-refractivity contribution < 1.29 is 8.42 Å². The molecule has 0 atom stereocenters. The average Bonchev–Trinajstić information content (AvgIpc) is 2.44. The Balaban J connectivity index is 4.14. The molecule has 0 spiro atoms. The SMILES string of the molecule is CCNC(=NCCCN(C(C)C)C(C)C)NCCCNS(C)(=O)=O. The summed E-state index contributed by atoms with van der Waals surface area (Å²) in [6.45, 7) is 14.6. The third-order valence-electron chi connectivity index (χ3n) is 3.53. The predicted octanol–water partition coefficient (Wildman–Crippen LogP) is 0.990. The molecule has 0 saturated carbocycles. The third kappa shape index (κ3) is 12.5. The lowest BCUT2D eigenvalue weighted by molar-refractivity contribution is 0.174. The van der Waals surface area contributed by atoms with Crippen LogP contribution < -0.4 is 15.4 Å². The summed E-state index contributed by atoms with van der Waals surface area (Å²) < 4.78 is 24.4. The maximum atomic E-state index is 11.0. The van der Waals surface area contributed by atoms with Crippen molar-refractivity contribution >= 4 is 16.0 Å². The summed E-state index contributed by atoms with van der Waals surface area (Å²) in [6, 6.07) is 1.09. The van der Waals surface area contributed by atoms with Gasteiger partial charge in [-0.1, -0.05) is 0 Å². The summed E-state index contributed by atoms with van der Waals surface area (Å²) in [5, 5.41) is 6.44. The van der Waals surface area contributed by atoms with Crippen LogP contribution in [0.3, 0.4) is 0 Å². The number of hydrogen-bond donors (Lipinski definition) is 3. The smallest absolute Gasteiger partial charge is 0.208 e. The minimum absolute atomic E-state index is 0.434. The van der Waals surface area contributed by atoms with Crippen molar-refractivity contribution in [1.29, 1.82) is 0 Å². The first-order valence-corrected chi connectivity index (χ1v) is 10.8. The van der Waals surface area contributed by atoms with E-state index < -0.39 is 10.0 Å². The molecule has 0 unspecified atom stereocenters. The van der Waals surface area contributed by atoms with Gasteiger partial charge in [-0.3, -0.25) is 9.89 Å². The number of guanidine groups is 1. The quantitative estimate of drug-likeness (QED) is 0.273. The molecular formula is C16H37N5O2S. The van der Waals surface area contributed by atoms with E-state index in [2.05, 4.69) is 52.9 Å². The highest BCUT2D eigenvalue weighted by atomic mass is 32.2. The Labute approximate surface area is 148 Å². The second-order valence-electron chi connectivity index (χ2n) is 6.49. The first kappa shape index (κ1) is 23.1. The standard InChI is InChI=1S/C16H37N5O2S/c1-7-17-16(18-10-8-12-20-24(6,22)23)19-11-9-13-21(14(2)3)15(4)5/h14-15,20H,7-13H2,1-6H3,(H2,17,18,19). The summed E-state index contributed by atoms with van der Waals surface area (Å²) in [4.78, 5) is 7.04. The van der Waals surface area contributed by atoms with E-state index in [0.717, 1.165) is 32.0 Å². The van der Waals surface area contributed by atoms with Gasteiger partial charge in [0.1, 0.15) is 0 Å². The fourth-order valence-electron chi connectivity index (χ4n) is 2.45. The zero-order valence-electron chi connectivity index (χ0n) is 16.2. The van der Waals surface area contributed by atoms with Gasteiger partial charge in [-0.05, 0) is 47.5 Å². The predicted molar refractivity (Wildman–Crippen MR) is 103 cm³/mol. The highest BCUT2D eigenvalue weighted by molar-refractivity contribution is 7.88. The van der Waals surface area contributed by atoms with Gasteiger partial charge in [0, 0.05) is 44.8 Å². The van der Waals surface area contributed by atoms with Crippen LogP contribution in [0.4, 0.5) is 0 Å². The molecule has 0 radical (unpaired) electrons. The van der Waals surface area contributed by atoms with Crippen molar-refractivity contribution in [3.05, 3.63) is 0 Å². The Hall–Kier alpha value is -0.860. The molecule has 24 heavy (non-hydrogen) atoms. The lowest BCUT2D eigenvalue weighted by Gasteiger charge is -2.30. The molecule has 0 aromatic heterocycles. The van der Waals surface area contributed by atoms with Gasteiger partial charge in [0.2, 0.25) is 10.0 Å². The van der Waals surface area contributed by atoms with E-state index in [4.69, 9.17) is 0 Å². The van der Waals surface area contributed by atoms with Crippen LogP contribution in [0.25, 0.3) is 0 Å². The van der Waals surface area contributed by atoms with Crippen LogP contribution in [0.5, 0.6) is 0 Å². The van der Waals surface area contributed by atoms with E-state index in [0.29, 0.717) is 31.6 Å². The average molecular weight is 364 g/mol. The van der Waals surface area contributed by atoms with E-state index in [1.54, 1.807) is 0 Å². The van der Waals surface area contributed by atoms with E-state index in [1.165, 1.54) is 6.26 Å². The Morgan fingerprint density at radius 2 is 1.67 bits per heavy atom. The first-order chi connectivity index (χ1) is 11.2. The molecule has 7 nitrogen and oxygen atoms in total. The molecule has 0 aliphatic rings. The second kappa shape index (κ2) is 12.5. The molecule has 0 heterocycles. The van der Waals surface area contributed by atoms with Crippen LogP contribution in [-0.4, -0.2) is 70.3 Å². The molecule has 0 amide bonds. The minimum atomic E-state index is -3.10. The molecule has 0 fully saturated rings. The molecule has 0 aliphatic heterocycles. The molecule has 0 bridgehead atoms. The van der Waals surface area contributed by atoms with E-state index >= 15 is 0 Å². The summed E-state index contributed by atoms with van der Waals surface area (Å²) in [7, 11) is -3.10. The molecule has 0 aromatic carbocycles. The monoisotopic (exact) mass is 363 g/mol. The van der Waals surface area contributed by atoms with Crippen LogP contribution in [0.15, 0.2) is 4.99 Å². The topological polar surface area (TPSA) is 85.8 Å². The number of nitrogens with zero attached hydrogens (tertiary/aromatic N) is 2. The van der Waals surface area contributed by atoms with Crippen molar-refractivity contribution in [2.75, 3.05) is 39.0 Å². The molecular weight excluding hydrogens is 326 g/mol. The molecule has 0 aromatic rings.